The molecule has 3 rings (SSSR count). The Labute approximate surface area is 146 Å². The van der Waals surface area contributed by atoms with Gasteiger partial charge < -0.3 is 0 Å². The van der Waals surface area contributed by atoms with Crippen molar-refractivity contribution in [2.24, 2.45) is 11.8 Å². The Kier molecular flexibility index (Phi) is 5.94. The van der Waals surface area contributed by atoms with E-state index < -0.39 is 11.6 Å². The molecule has 2 aliphatic rings. The second kappa shape index (κ2) is 7.97. The maximum Gasteiger partial charge on any atom is 0.129 e. The van der Waals surface area contributed by atoms with Gasteiger partial charge in [-0.1, -0.05) is 6.92 Å². The zero-order chi connectivity index (χ0) is 17.1. The number of rotatable bonds is 4. The highest BCUT2D eigenvalue weighted by Crippen LogP contribution is 2.43. The van der Waals surface area contributed by atoms with Gasteiger partial charge in [0.1, 0.15) is 11.6 Å². The molecule has 132 valence electrons. The predicted molar refractivity (Wildman–Crippen MR) is 95.5 cm³/mol. The molecule has 0 spiro atoms. The zero-order valence-electron chi connectivity index (χ0n) is 15.1. The number of aryl methyl sites for hydroxylation is 1. The second-order valence-electron chi connectivity index (χ2n) is 8.06. The van der Waals surface area contributed by atoms with Crippen LogP contribution in [0.15, 0.2) is 12.1 Å². The van der Waals surface area contributed by atoms with Gasteiger partial charge in [-0.2, -0.15) is 0 Å². The van der Waals surface area contributed by atoms with E-state index in [4.69, 9.17) is 0 Å². The van der Waals surface area contributed by atoms with Crippen molar-refractivity contribution in [3.63, 3.8) is 0 Å². The maximum atomic E-state index is 13.6. The lowest BCUT2D eigenvalue weighted by atomic mass is 9.69. The van der Waals surface area contributed by atoms with E-state index in [1.807, 2.05) is 5.92 Å². The molecule has 1 aromatic rings. The van der Waals surface area contributed by atoms with E-state index in [2.05, 4.69) is 6.92 Å². The maximum absolute atomic E-state index is 13.6. The molecule has 0 heterocycles. The van der Waals surface area contributed by atoms with Crippen LogP contribution in [0.5, 0.6) is 0 Å². The molecule has 0 nitrogen and oxygen atoms in total. The van der Waals surface area contributed by atoms with Crippen molar-refractivity contribution in [3.05, 3.63) is 46.7 Å². The molecular weight excluding hydrogens is 302 g/mol. The van der Waals surface area contributed by atoms with Crippen molar-refractivity contribution in [2.45, 2.75) is 78.1 Å². The molecule has 0 saturated heterocycles. The van der Waals surface area contributed by atoms with Gasteiger partial charge in [0.25, 0.3) is 0 Å². The largest absolute Gasteiger partial charge is 0.207 e. The standard InChI is InChI=1S/C22H30F2/c1-15-3-9-19(10-4-15)20-11-7-17(8-12-20)5-6-18-13-21(23)16(2)22(24)14-18/h13-14,17,19H,3-12H2,1-2H3. The third kappa shape index (κ3) is 4.37. The SMILES string of the molecule is C[C]1CCC([C]2CCC(CCc3cc(F)c(C)c(F)c3)CC2)CC1. The van der Waals surface area contributed by atoms with Gasteiger partial charge >= 0.3 is 0 Å². The quantitative estimate of drug-likeness (QED) is 0.571. The summed E-state index contributed by atoms with van der Waals surface area (Å²) < 4.78 is 27.3. The Morgan fingerprint density at radius 3 is 2.04 bits per heavy atom. The minimum Gasteiger partial charge on any atom is -0.207 e. The lowest BCUT2D eigenvalue weighted by Crippen LogP contribution is -2.23. The molecule has 2 fully saturated rings. The number of hydrogen-bond donors (Lipinski definition) is 0. The summed E-state index contributed by atoms with van der Waals surface area (Å²) in [6.45, 7) is 3.80. The van der Waals surface area contributed by atoms with Crippen molar-refractivity contribution >= 4 is 0 Å². The summed E-state index contributed by atoms with van der Waals surface area (Å²) in [7, 11) is 0. The molecule has 0 unspecified atom stereocenters. The number of benzene rings is 1. The fourth-order valence-electron chi connectivity index (χ4n) is 4.48. The van der Waals surface area contributed by atoms with E-state index in [1.165, 1.54) is 70.4 Å². The molecule has 2 heteroatoms. The summed E-state index contributed by atoms with van der Waals surface area (Å²) >= 11 is 0. The highest BCUT2D eigenvalue weighted by Gasteiger charge is 2.30. The minimum absolute atomic E-state index is 0.135. The van der Waals surface area contributed by atoms with Crippen molar-refractivity contribution in [1.82, 2.24) is 0 Å². The zero-order valence-corrected chi connectivity index (χ0v) is 15.1. The molecule has 0 amide bonds. The van der Waals surface area contributed by atoms with Crippen molar-refractivity contribution < 1.29 is 8.78 Å². The fourth-order valence-corrected chi connectivity index (χ4v) is 4.48. The van der Waals surface area contributed by atoms with Gasteiger partial charge in [0, 0.05) is 5.56 Å². The summed E-state index contributed by atoms with van der Waals surface area (Å²) in [6.07, 6.45) is 12.3. The van der Waals surface area contributed by atoms with Crippen molar-refractivity contribution in [1.29, 1.82) is 0 Å². The highest BCUT2D eigenvalue weighted by atomic mass is 19.1. The molecule has 2 radical (unpaired) electrons. The molecule has 0 aliphatic heterocycles. The Morgan fingerprint density at radius 1 is 0.875 bits per heavy atom. The Balaban J connectivity index is 1.44. The van der Waals surface area contributed by atoms with Crippen LogP contribution in [-0.2, 0) is 6.42 Å². The van der Waals surface area contributed by atoms with Gasteiger partial charge in [-0.15, -0.1) is 0 Å². The van der Waals surface area contributed by atoms with Crippen molar-refractivity contribution in [3.8, 4) is 0 Å². The lowest BCUT2D eigenvalue weighted by Gasteiger charge is -2.36. The molecule has 0 atom stereocenters. The summed E-state index contributed by atoms with van der Waals surface area (Å²) in [5, 5.41) is 0. The average molecular weight is 332 g/mol. The highest BCUT2D eigenvalue weighted by molar-refractivity contribution is 5.25. The van der Waals surface area contributed by atoms with Crippen LogP contribution >= 0.6 is 0 Å². The molecule has 0 aromatic heterocycles. The van der Waals surface area contributed by atoms with E-state index in [1.54, 1.807) is 5.92 Å². The van der Waals surface area contributed by atoms with E-state index in [9.17, 15) is 8.78 Å². The van der Waals surface area contributed by atoms with E-state index in [-0.39, 0.29) is 5.56 Å². The summed E-state index contributed by atoms with van der Waals surface area (Å²) in [6, 6.07) is 3.03. The molecular formula is C22H30F2. The molecule has 2 saturated carbocycles. The topological polar surface area (TPSA) is 0 Å². The van der Waals surface area contributed by atoms with Gasteiger partial charge in [-0.3, -0.25) is 0 Å². The monoisotopic (exact) mass is 332 g/mol. The van der Waals surface area contributed by atoms with Gasteiger partial charge in [0.15, 0.2) is 0 Å². The van der Waals surface area contributed by atoms with Crippen LogP contribution in [0, 0.1) is 42.2 Å². The minimum atomic E-state index is -0.409. The van der Waals surface area contributed by atoms with Crippen molar-refractivity contribution in [2.75, 3.05) is 0 Å². The third-order valence-electron chi connectivity index (χ3n) is 6.35. The first-order chi connectivity index (χ1) is 11.5. The number of halogens is 2. The smallest absolute Gasteiger partial charge is 0.129 e. The van der Waals surface area contributed by atoms with Crippen LogP contribution in [0.25, 0.3) is 0 Å². The molecule has 24 heavy (non-hydrogen) atoms. The lowest BCUT2D eigenvalue weighted by molar-refractivity contribution is 0.286. The van der Waals surface area contributed by atoms with Crippen LogP contribution in [0.3, 0.4) is 0 Å². The summed E-state index contributed by atoms with van der Waals surface area (Å²) in [5.41, 5.74) is 0.944. The average Bonchev–Trinajstić information content (AvgIpc) is 2.59. The molecule has 1 aromatic carbocycles. The predicted octanol–water partition coefficient (Wildman–Crippen LogP) is 6.76. The van der Waals surface area contributed by atoms with Gasteiger partial charge in [-0.25, -0.2) is 8.78 Å². The van der Waals surface area contributed by atoms with E-state index >= 15 is 0 Å². The van der Waals surface area contributed by atoms with Gasteiger partial charge in [-0.05, 0) is 112 Å². The molecule has 0 bridgehead atoms. The van der Waals surface area contributed by atoms with E-state index in [0.29, 0.717) is 0 Å². The summed E-state index contributed by atoms with van der Waals surface area (Å²) in [4.78, 5) is 0. The summed E-state index contributed by atoms with van der Waals surface area (Å²) in [5.74, 6) is 4.26. The number of hydrogen-bond acceptors (Lipinski definition) is 0. The molecule has 2 aliphatic carbocycles. The first-order valence-corrected chi connectivity index (χ1v) is 9.63. The van der Waals surface area contributed by atoms with Crippen LogP contribution in [-0.4, -0.2) is 0 Å². The Morgan fingerprint density at radius 2 is 1.46 bits per heavy atom. The van der Waals surface area contributed by atoms with Crippen LogP contribution < -0.4 is 0 Å². The Hall–Kier alpha value is -0.920. The third-order valence-corrected chi connectivity index (χ3v) is 6.35. The second-order valence-corrected chi connectivity index (χ2v) is 8.06. The normalized spacial score (nSPS) is 22.2. The van der Waals surface area contributed by atoms with Crippen LogP contribution in [0.1, 0.15) is 75.8 Å². The first kappa shape index (κ1) is 17.9. The first-order valence-electron chi connectivity index (χ1n) is 9.63. The van der Waals surface area contributed by atoms with Gasteiger partial charge in [0.2, 0.25) is 0 Å². The fraction of sp³-hybridized carbons (Fsp3) is 0.636. The Bertz CT molecular complexity index is 512. The molecule has 0 N–H and O–H groups in total. The van der Waals surface area contributed by atoms with Crippen LogP contribution in [0.4, 0.5) is 8.78 Å². The van der Waals surface area contributed by atoms with E-state index in [0.717, 1.165) is 30.2 Å². The van der Waals surface area contributed by atoms with Crippen LogP contribution in [0.2, 0.25) is 0 Å². The van der Waals surface area contributed by atoms with Gasteiger partial charge in [0.05, 0.1) is 0 Å².